The van der Waals surface area contributed by atoms with Crippen LogP contribution in [0.15, 0.2) is 18.2 Å². The first-order chi connectivity index (χ1) is 9.56. The first-order valence-electron chi connectivity index (χ1n) is 7.48. The van der Waals surface area contributed by atoms with Crippen molar-refractivity contribution >= 4 is 23.2 Å². The van der Waals surface area contributed by atoms with E-state index in [0.717, 1.165) is 5.56 Å². The summed E-state index contributed by atoms with van der Waals surface area (Å²) in [5, 5.41) is 5.05. The zero-order valence-corrected chi connectivity index (χ0v) is 13.6. The molecule has 2 aliphatic rings. The van der Waals surface area contributed by atoms with Crippen LogP contribution >= 0.6 is 23.2 Å². The second-order valence-electron chi connectivity index (χ2n) is 6.25. The Labute approximate surface area is 131 Å². The monoisotopic (exact) mass is 312 g/mol. The maximum absolute atomic E-state index is 6.37. The van der Waals surface area contributed by atoms with Gasteiger partial charge in [0.25, 0.3) is 0 Å². The van der Waals surface area contributed by atoms with Crippen molar-refractivity contribution in [2.45, 2.75) is 56.8 Å². The molecule has 0 aliphatic carbocycles. The Bertz CT molecular complexity index is 479. The predicted octanol–water partition coefficient (Wildman–Crippen LogP) is 4.27. The fraction of sp³-hybridized carbons (Fsp3) is 0.625. The fourth-order valence-corrected chi connectivity index (χ4v) is 4.20. The highest BCUT2D eigenvalue weighted by atomic mass is 35.5. The van der Waals surface area contributed by atoms with Crippen LogP contribution in [0, 0.1) is 0 Å². The SMILES string of the molecule is CC(c1cccc(Cl)c1Cl)N(C)C1CC2CCC(C1)N2. The number of nitrogens with zero attached hydrogens (tertiary/aromatic N) is 1. The number of hydrogen-bond donors (Lipinski definition) is 1. The van der Waals surface area contributed by atoms with Crippen LogP contribution in [0.25, 0.3) is 0 Å². The van der Waals surface area contributed by atoms with E-state index in [1.165, 1.54) is 25.7 Å². The molecule has 0 aromatic heterocycles. The summed E-state index contributed by atoms with van der Waals surface area (Å²) in [7, 11) is 2.22. The molecule has 1 aromatic carbocycles. The molecule has 2 saturated heterocycles. The number of hydrogen-bond acceptors (Lipinski definition) is 2. The van der Waals surface area contributed by atoms with Gasteiger partial charge in [-0.3, -0.25) is 4.90 Å². The molecule has 2 nitrogen and oxygen atoms in total. The van der Waals surface area contributed by atoms with E-state index in [9.17, 15) is 0 Å². The molecule has 4 heteroatoms. The van der Waals surface area contributed by atoms with Gasteiger partial charge in [-0.1, -0.05) is 35.3 Å². The third kappa shape index (κ3) is 2.71. The van der Waals surface area contributed by atoms with E-state index in [0.29, 0.717) is 34.2 Å². The average Bonchev–Trinajstić information content (AvgIpc) is 2.79. The minimum Gasteiger partial charge on any atom is -0.311 e. The van der Waals surface area contributed by atoms with Gasteiger partial charge in [0.05, 0.1) is 10.0 Å². The van der Waals surface area contributed by atoms with E-state index in [1.54, 1.807) is 0 Å². The quantitative estimate of drug-likeness (QED) is 0.896. The summed E-state index contributed by atoms with van der Waals surface area (Å²) >= 11 is 12.5. The number of fused-ring (bicyclic) bond motifs is 2. The summed E-state index contributed by atoms with van der Waals surface area (Å²) in [6.45, 7) is 2.22. The van der Waals surface area contributed by atoms with E-state index >= 15 is 0 Å². The van der Waals surface area contributed by atoms with Gasteiger partial charge in [0.1, 0.15) is 0 Å². The van der Waals surface area contributed by atoms with Gasteiger partial charge in [-0.25, -0.2) is 0 Å². The number of nitrogens with one attached hydrogen (secondary N) is 1. The van der Waals surface area contributed by atoms with Crippen LogP contribution in [0.3, 0.4) is 0 Å². The number of halogens is 2. The van der Waals surface area contributed by atoms with Crippen molar-refractivity contribution in [3.8, 4) is 0 Å². The van der Waals surface area contributed by atoms with E-state index < -0.39 is 0 Å². The van der Waals surface area contributed by atoms with Crippen LogP contribution in [0.1, 0.15) is 44.2 Å². The van der Waals surface area contributed by atoms with Gasteiger partial charge in [-0.05, 0) is 51.3 Å². The average molecular weight is 313 g/mol. The Kier molecular flexibility index (Phi) is 4.28. The summed E-state index contributed by atoms with van der Waals surface area (Å²) < 4.78 is 0. The van der Waals surface area contributed by atoms with Crippen molar-refractivity contribution in [1.29, 1.82) is 0 Å². The number of benzene rings is 1. The molecular formula is C16H22Cl2N2. The highest BCUT2D eigenvalue weighted by molar-refractivity contribution is 6.42. The first-order valence-corrected chi connectivity index (χ1v) is 8.23. The lowest BCUT2D eigenvalue weighted by Crippen LogP contribution is -2.47. The van der Waals surface area contributed by atoms with Gasteiger partial charge in [-0.15, -0.1) is 0 Å². The molecule has 3 rings (SSSR count). The molecule has 2 bridgehead atoms. The Morgan fingerprint density at radius 2 is 1.85 bits per heavy atom. The van der Waals surface area contributed by atoms with Gasteiger partial charge in [0.2, 0.25) is 0 Å². The van der Waals surface area contributed by atoms with Gasteiger partial charge in [-0.2, -0.15) is 0 Å². The first kappa shape index (κ1) is 14.6. The molecule has 2 heterocycles. The summed E-state index contributed by atoms with van der Waals surface area (Å²) in [4.78, 5) is 2.48. The molecule has 0 spiro atoms. The van der Waals surface area contributed by atoms with Crippen LogP contribution in [0.4, 0.5) is 0 Å². The van der Waals surface area contributed by atoms with Crippen molar-refractivity contribution in [2.24, 2.45) is 0 Å². The molecule has 0 saturated carbocycles. The molecule has 1 N–H and O–H groups in total. The maximum Gasteiger partial charge on any atom is 0.0640 e. The Hall–Kier alpha value is -0.280. The van der Waals surface area contributed by atoms with Crippen LogP contribution < -0.4 is 5.32 Å². The van der Waals surface area contributed by atoms with Crippen LogP contribution in [0.5, 0.6) is 0 Å². The minimum absolute atomic E-state index is 0.295. The molecule has 2 aliphatic heterocycles. The maximum atomic E-state index is 6.37. The lowest BCUT2D eigenvalue weighted by Gasteiger charge is -2.39. The van der Waals surface area contributed by atoms with Gasteiger partial charge < -0.3 is 5.32 Å². The molecule has 110 valence electrons. The summed E-state index contributed by atoms with van der Waals surface area (Å²) in [6.07, 6.45) is 5.16. The van der Waals surface area contributed by atoms with Gasteiger partial charge in [0, 0.05) is 24.2 Å². The highest BCUT2D eigenvalue weighted by Crippen LogP contribution is 2.36. The fourth-order valence-electron chi connectivity index (χ4n) is 3.74. The molecule has 20 heavy (non-hydrogen) atoms. The van der Waals surface area contributed by atoms with Crippen LogP contribution in [-0.2, 0) is 0 Å². The normalized spacial score (nSPS) is 30.8. The third-order valence-corrected chi connectivity index (χ3v) is 5.90. The van der Waals surface area contributed by atoms with Crippen molar-refractivity contribution in [2.75, 3.05) is 7.05 Å². The van der Waals surface area contributed by atoms with Crippen molar-refractivity contribution < 1.29 is 0 Å². The van der Waals surface area contributed by atoms with Crippen molar-refractivity contribution in [3.63, 3.8) is 0 Å². The molecular weight excluding hydrogens is 291 g/mol. The highest BCUT2D eigenvalue weighted by Gasteiger charge is 2.36. The van der Waals surface area contributed by atoms with Crippen LogP contribution in [-0.4, -0.2) is 30.1 Å². The summed E-state index contributed by atoms with van der Waals surface area (Å²) in [6, 6.07) is 8.28. The second-order valence-corrected chi connectivity index (χ2v) is 7.03. The third-order valence-electron chi connectivity index (χ3n) is 5.07. The molecule has 2 fully saturated rings. The number of piperidine rings is 1. The Morgan fingerprint density at radius 3 is 2.50 bits per heavy atom. The largest absolute Gasteiger partial charge is 0.311 e. The van der Waals surface area contributed by atoms with E-state index in [-0.39, 0.29) is 0 Å². The molecule has 1 aromatic rings. The lowest BCUT2D eigenvalue weighted by molar-refractivity contribution is 0.133. The molecule has 3 atom stereocenters. The Morgan fingerprint density at radius 1 is 1.20 bits per heavy atom. The minimum atomic E-state index is 0.295. The van der Waals surface area contributed by atoms with E-state index in [1.807, 2.05) is 12.1 Å². The van der Waals surface area contributed by atoms with Gasteiger partial charge >= 0.3 is 0 Å². The predicted molar refractivity (Wildman–Crippen MR) is 85.6 cm³/mol. The molecule has 3 unspecified atom stereocenters. The zero-order valence-electron chi connectivity index (χ0n) is 12.1. The topological polar surface area (TPSA) is 15.3 Å². The summed E-state index contributed by atoms with van der Waals surface area (Å²) in [5.41, 5.74) is 1.13. The second kappa shape index (κ2) is 5.84. The van der Waals surface area contributed by atoms with E-state index in [2.05, 4.69) is 30.3 Å². The van der Waals surface area contributed by atoms with Crippen molar-refractivity contribution in [1.82, 2.24) is 10.2 Å². The van der Waals surface area contributed by atoms with Crippen LogP contribution in [0.2, 0.25) is 10.0 Å². The lowest BCUT2D eigenvalue weighted by atomic mass is 9.96. The number of rotatable bonds is 3. The van der Waals surface area contributed by atoms with Crippen molar-refractivity contribution in [3.05, 3.63) is 33.8 Å². The molecule has 0 amide bonds. The smallest absolute Gasteiger partial charge is 0.0640 e. The van der Waals surface area contributed by atoms with Gasteiger partial charge in [0.15, 0.2) is 0 Å². The summed E-state index contributed by atoms with van der Waals surface area (Å²) in [5.74, 6) is 0. The van der Waals surface area contributed by atoms with E-state index in [4.69, 9.17) is 23.2 Å². The zero-order chi connectivity index (χ0) is 14.3. The Balaban J connectivity index is 1.76. The molecule has 0 radical (unpaired) electrons. The standard InChI is InChI=1S/C16H22Cl2N2/c1-10(14-4-3-5-15(17)16(14)18)20(2)13-8-11-6-7-12(9-13)19-11/h3-5,10-13,19H,6-9H2,1-2H3.